The maximum Gasteiger partial charge on any atom is 0.0417 e. The molecule has 3 rings (SSSR count). The lowest BCUT2D eigenvalue weighted by Gasteiger charge is -2.14. The molecule has 1 aromatic heterocycles. The molecule has 4 heteroatoms. The van der Waals surface area contributed by atoms with Gasteiger partial charge in [0.25, 0.3) is 0 Å². The number of hydrogen-bond donors (Lipinski definition) is 1. The van der Waals surface area contributed by atoms with Gasteiger partial charge in [-0.1, -0.05) is 35.9 Å². The monoisotopic (exact) mass is 314 g/mol. The molecule has 0 amide bonds. The van der Waals surface area contributed by atoms with Crippen LogP contribution in [-0.4, -0.2) is 10.7 Å². The van der Waals surface area contributed by atoms with Crippen molar-refractivity contribution in [2.24, 2.45) is 5.73 Å². The van der Waals surface area contributed by atoms with Gasteiger partial charge in [0, 0.05) is 39.5 Å². The standard InChI is InChI=1S/C17H15ClN2S/c18-13-4-2-5-14(9-13)21-11-17(19)15-6-1-3-12-7-8-20-10-16(12)15/h1-10,17H,11,19H2. The zero-order valence-corrected chi connectivity index (χ0v) is 12.9. The quantitative estimate of drug-likeness (QED) is 0.711. The highest BCUT2D eigenvalue weighted by molar-refractivity contribution is 7.99. The molecule has 0 aliphatic heterocycles. The molecule has 1 heterocycles. The first-order valence-corrected chi connectivity index (χ1v) is 8.07. The van der Waals surface area contributed by atoms with E-state index >= 15 is 0 Å². The molecule has 0 spiro atoms. The molecule has 0 aliphatic rings. The van der Waals surface area contributed by atoms with Crippen molar-refractivity contribution in [2.45, 2.75) is 10.9 Å². The highest BCUT2D eigenvalue weighted by Gasteiger charge is 2.10. The van der Waals surface area contributed by atoms with Gasteiger partial charge < -0.3 is 5.73 Å². The number of halogens is 1. The molecular weight excluding hydrogens is 300 g/mol. The number of nitrogens with zero attached hydrogens (tertiary/aromatic N) is 1. The zero-order valence-electron chi connectivity index (χ0n) is 11.4. The number of rotatable bonds is 4. The maximum absolute atomic E-state index is 6.37. The second-order valence-corrected chi connectivity index (χ2v) is 6.35. The third kappa shape index (κ3) is 3.38. The van der Waals surface area contributed by atoms with E-state index in [1.165, 1.54) is 5.39 Å². The summed E-state index contributed by atoms with van der Waals surface area (Å²) in [6.45, 7) is 0. The summed E-state index contributed by atoms with van der Waals surface area (Å²) in [5, 5.41) is 3.05. The van der Waals surface area contributed by atoms with Gasteiger partial charge in [-0.3, -0.25) is 4.98 Å². The number of benzene rings is 2. The van der Waals surface area contributed by atoms with E-state index in [9.17, 15) is 0 Å². The van der Waals surface area contributed by atoms with Crippen molar-refractivity contribution in [2.75, 3.05) is 5.75 Å². The van der Waals surface area contributed by atoms with Crippen LogP contribution >= 0.6 is 23.4 Å². The first-order chi connectivity index (χ1) is 10.2. The van der Waals surface area contributed by atoms with Crippen molar-refractivity contribution in [3.63, 3.8) is 0 Å². The lowest BCUT2D eigenvalue weighted by molar-refractivity contribution is 0.839. The summed E-state index contributed by atoms with van der Waals surface area (Å²) < 4.78 is 0. The molecule has 0 saturated heterocycles. The van der Waals surface area contributed by atoms with E-state index in [1.807, 2.05) is 42.6 Å². The highest BCUT2D eigenvalue weighted by Crippen LogP contribution is 2.28. The molecule has 1 atom stereocenters. The number of hydrogen-bond acceptors (Lipinski definition) is 3. The number of aromatic nitrogens is 1. The average molecular weight is 315 g/mol. The van der Waals surface area contributed by atoms with Crippen LogP contribution < -0.4 is 5.73 Å². The SMILES string of the molecule is NC(CSc1cccc(Cl)c1)c1cccc2ccncc12. The van der Waals surface area contributed by atoms with Gasteiger partial charge in [0.2, 0.25) is 0 Å². The van der Waals surface area contributed by atoms with Crippen LogP contribution in [0.25, 0.3) is 10.8 Å². The molecule has 0 aliphatic carbocycles. The van der Waals surface area contributed by atoms with E-state index < -0.39 is 0 Å². The van der Waals surface area contributed by atoms with Crippen LogP contribution in [-0.2, 0) is 0 Å². The Morgan fingerprint density at radius 1 is 1.14 bits per heavy atom. The van der Waals surface area contributed by atoms with Crippen LogP contribution in [0.5, 0.6) is 0 Å². The summed E-state index contributed by atoms with van der Waals surface area (Å²) in [4.78, 5) is 5.34. The van der Waals surface area contributed by atoms with Crippen molar-refractivity contribution >= 4 is 34.1 Å². The van der Waals surface area contributed by atoms with Crippen LogP contribution in [0.3, 0.4) is 0 Å². The van der Waals surface area contributed by atoms with E-state index in [0.717, 1.165) is 26.6 Å². The fourth-order valence-corrected chi connectivity index (χ4v) is 3.48. The number of fused-ring (bicyclic) bond motifs is 1. The Kier molecular flexibility index (Phi) is 4.44. The summed E-state index contributed by atoms with van der Waals surface area (Å²) >= 11 is 7.72. The predicted octanol–water partition coefficient (Wildman–Crippen LogP) is 4.68. The minimum Gasteiger partial charge on any atom is -0.323 e. The van der Waals surface area contributed by atoms with Gasteiger partial charge >= 0.3 is 0 Å². The van der Waals surface area contributed by atoms with Crippen LogP contribution in [0, 0.1) is 0 Å². The molecule has 21 heavy (non-hydrogen) atoms. The summed E-state index contributed by atoms with van der Waals surface area (Å²) in [7, 11) is 0. The van der Waals surface area contributed by atoms with E-state index in [-0.39, 0.29) is 6.04 Å². The third-order valence-electron chi connectivity index (χ3n) is 3.34. The Hall–Kier alpha value is -1.55. The van der Waals surface area contributed by atoms with E-state index in [4.69, 9.17) is 17.3 Å². The summed E-state index contributed by atoms with van der Waals surface area (Å²) in [5.74, 6) is 0.800. The lowest BCUT2D eigenvalue weighted by Crippen LogP contribution is -2.13. The second kappa shape index (κ2) is 6.48. The molecule has 0 saturated carbocycles. The minimum atomic E-state index is -0.0399. The molecule has 0 radical (unpaired) electrons. The Bertz CT molecular complexity index is 755. The first kappa shape index (κ1) is 14.4. The highest BCUT2D eigenvalue weighted by atomic mass is 35.5. The molecule has 1 unspecified atom stereocenters. The lowest BCUT2D eigenvalue weighted by atomic mass is 10.0. The van der Waals surface area contributed by atoms with E-state index in [0.29, 0.717) is 0 Å². The van der Waals surface area contributed by atoms with Gasteiger partial charge in [0.15, 0.2) is 0 Å². The molecule has 2 N–H and O–H groups in total. The zero-order chi connectivity index (χ0) is 14.7. The maximum atomic E-state index is 6.37. The summed E-state index contributed by atoms with van der Waals surface area (Å²) in [6, 6.07) is 16.0. The van der Waals surface area contributed by atoms with E-state index in [1.54, 1.807) is 18.0 Å². The molecule has 2 aromatic carbocycles. The van der Waals surface area contributed by atoms with Gasteiger partial charge in [0.1, 0.15) is 0 Å². The van der Waals surface area contributed by atoms with Gasteiger partial charge in [-0.25, -0.2) is 0 Å². The van der Waals surface area contributed by atoms with Crippen LogP contribution in [0.4, 0.5) is 0 Å². The van der Waals surface area contributed by atoms with Gasteiger partial charge in [-0.15, -0.1) is 11.8 Å². The Morgan fingerprint density at radius 2 is 2.00 bits per heavy atom. The largest absolute Gasteiger partial charge is 0.323 e. The van der Waals surface area contributed by atoms with Crippen molar-refractivity contribution in [1.29, 1.82) is 0 Å². The van der Waals surface area contributed by atoms with Crippen molar-refractivity contribution in [3.8, 4) is 0 Å². The van der Waals surface area contributed by atoms with Crippen LogP contribution in [0.1, 0.15) is 11.6 Å². The van der Waals surface area contributed by atoms with E-state index in [2.05, 4.69) is 17.1 Å². The van der Waals surface area contributed by atoms with Crippen molar-refractivity contribution < 1.29 is 0 Å². The number of nitrogens with two attached hydrogens (primary N) is 1. The number of thioether (sulfide) groups is 1. The fraction of sp³-hybridized carbons (Fsp3) is 0.118. The molecule has 0 fully saturated rings. The fourth-order valence-electron chi connectivity index (χ4n) is 2.29. The average Bonchev–Trinajstić information content (AvgIpc) is 2.52. The van der Waals surface area contributed by atoms with Crippen LogP contribution in [0.15, 0.2) is 65.8 Å². The Morgan fingerprint density at radius 3 is 2.86 bits per heavy atom. The Labute approximate surface area is 133 Å². The van der Waals surface area contributed by atoms with Crippen molar-refractivity contribution in [3.05, 3.63) is 71.5 Å². The summed E-state index contributed by atoms with van der Waals surface area (Å²) in [5.41, 5.74) is 7.50. The third-order valence-corrected chi connectivity index (χ3v) is 4.69. The molecule has 2 nitrogen and oxygen atoms in total. The molecule has 0 bridgehead atoms. The topological polar surface area (TPSA) is 38.9 Å². The predicted molar refractivity (Wildman–Crippen MR) is 90.8 cm³/mol. The molecule has 3 aromatic rings. The van der Waals surface area contributed by atoms with Gasteiger partial charge in [0.05, 0.1) is 0 Å². The Balaban J connectivity index is 1.79. The minimum absolute atomic E-state index is 0.0399. The van der Waals surface area contributed by atoms with Gasteiger partial charge in [-0.2, -0.15) is 0 Å². The molecule has 106 valence electrons. The normalized spacial score (nSPS) is 12.5. The van der Waals surface area contributed by atoms with Gasteiger partial charge in [-0.05, 0) is 35.2 Å². The van der Waals surface area contributed by atoms with Crippen LogP contribution in [0.2, 0.25) is 5.02 Å². The molecular formula is C17H15ClN2S. The number of pyridine rings is 1. The first-order valence-electron chi connectivity index (χ1n) is 6.70. The van der Waals surface area contributed by atoms with Crippen molar-refractivity contribution in [1.82, 2.24) is 4.98 Å². The smallest absolute Gasteiger partial charge is 0.0417 e. The summed E-state index contributed by atoms with van der Waals surface area (Å²) in [6.07, 6.45) is 3.69. The second-order valence-electron chi connectivity index (χ2n) is 4.82.